The van der Waals surface area contributed by atoms with Crippen LogP contribution >= 0.6 is 11.8 Å². The summed E-state index contributed by atoms with van der Waals surface area (Å²) in [6.07, 6.45) is 1.85. The molecule has 94 valence electrons. The number of thioether (sulfide) groups is 1. The Morgan fingerprint density at radius 3 is 2.76 bits per heavy atom. The molecule has 0 radical (unpaired) electrons. The first-order valence-electron chi connectivity index (χ1n) is 4.54. The van der Waals surface area contributed by atoms with Crippen LogP contribution in [0.5, 0.6) is 0 Å². The normalized spacial score (nSPS) is 15.5. The molecule has 0 spiro atoms. The summed E-state index contributed by atoms with van der Waals surface area (Å²) in [5.74, 6) is 0. The van der Waals surface area contributed by atoms with Crippen LogP contribution in [0.1, 0.15) is 0 Å². The third-order valence-electron chi connectivity index (χ3n) is 1.72. The molecule has 0 saturated heterocycles. The van der Waals surface area contributed by atoms with Crippen molar-refractivity contribution in [2.45, 2.75) is 11.6 Å². The number of aliphatic imine (C=N–C) groups is 1. The Bertz CT molecular complexity index is 397. The van der Waals surface area contributed by atoms with Crippen LogP contribution in [0.25, 0.3) is 0 Å². The van der Waals surface area contributed by atoms with Gasteiger partial charge in [0.15, 0.2) is 0 Å². The van der Waals surface area contributed by atoms with Crippen molar-refractivity contribution in [3.8, 4) is 0 Å². The molecular weight excluding hydrogens is 253 g/mol. The summed E-state index contributed by atoms with van der Waals surface area (Å²) in [7, 11) is 0. The lowest BCUT2D eigenvalue weighted by atomic mass is 10.4. The van der Waals surface area contributed by atoms with E-state index in [9.17, 15) is 13.2 Å². The fourth-order valence-corrected chi connectivity index (χ4v) is 1.17. The van der Waals surface area contributed by atoms with E-state index in [1.165, 1.54) is 17.1 Å². The van der Waals surface area contributed by atoms with Gasteiger partial charge in [-0.2, -0.15) is 18.3 Å². The van der Waals surface area contributed by atoms with Crippen molar-refractivity contribution in [3.05, 3.63) is 30.2 Å². The van der Waals surface area contributed by atoms with Crippen molar-refractivity contribution in [3.63, 3.8) is 0 Å². The summed E-state index contributed by atoms with van der Waals surface area (Å²) in [5, 5.41) is 2.96. The number of hydrogen-bond acceptors (Lipinski definition) is 4. The lowest BCUT2D eigenvalue weighted by Crippen LogP contribution is -2.18. The first kappa shape index (κ1) is 13.8. The number of halogens is 3. The fourth-order valence-electron chi connectivity index (χ4n) is 0.905. The summed E-state index contributed by atoms with van der Waals surface area (Å²) in [6, 6.07) is 1.58. The van der Waals surface area contributed by atoms with Crippen molar-refractivity contribution in [2.75, 3.05) is 6.26 Å². The van der Waals surface area contributed by atoms with E-state index in [-0.39, 0.29) is 0 Å². The first-order chi connectivity index (χ1) is 7.93. The molecule has 0 aliphatic rings. The Balaban J connectivity index is 2.89. The van der Waals surface area contributed by atoms with Gasteiger partial charge < -0.3 is 5.73 Å². The molecule has 0 fully saturated rings. The van der Waals surface area contributed by atoms with Crippen LogP contribution in [0.2, 0.25) is 0 Å². The van der Waals surface area contributed by atoms with Gasteiger partial charge >= 0.3 is 6.18 Å². The largest absolute Gasteiger partial charge is 0.433 e. The SMILES string of the molecule is CSC(N)/C=C(\N=Cn1cccn1)C(F)(F)F. The van der Waals surface area contributed by atoms with Crippen LogP contribution in [0.15, 0.2) is 35.2 Å². The topological polar surface area (TPSA) is 56.2 Å². The smallest absolute Gasteiger partial charge is 0.316 e. The number of nitrogens with two attached hydrogens (primary N) is 1. The number of rotatable bonds is 4. The zero-order chi connectivity index (χ0) is 12.9. The Morgan fingerprint density at radius 2 is 2.29 bits per heavy atom. The molecule has 1 aromatic heterocycles. The molecule has 8 heteroatoms. The molecule has 0 aliphatic carbocycles. The zero-order valence-electron chi connectivity index (χ0n) is 8.93. The molecule has 2 N–H and O–H groups in total. The van der Waals surface area contributed by atoms with E-state index in [2.05, 4.69) is 10.1 Å². The van der Waals surface area contributed by atoms with Gasteiger partial charge in [0.05, 0.1) is 5.37 Å². The van der Waals surface area contributed by atoms with Gasteiger partial charge in [0.1, 0.15) is 12.0 Å². The molecule has 1 heterocycles. The second-order valence-electron chi connectivity index (χ2n) is 2.98. The minimum atomic E-state index is -4.53. The zero-order valence-corrected chi connectivity index (χ0v) is 9.74. The monoisotopic (exact) mass is 264 g/mol. The van der Waals surface area contributed by atoms with Crippen LogP contribution in [0.4, 0.5) is 13.2 Å². The summed E-state index contributed by atoms with van der Waals surface area (Å²) in [4.78, 5) is 3.34. The molecule has 0 aromatic carbocycles. The highest BCUT2D eigenvalue weighted by molar-refractivity contribution is 7.99. The summed E-state index contributed by atoms with van der Waals surface area (Å²) in [6.45, 7) is 0. The number of nitrogens with zero attached hydrogens (tertiary/aromatic N) is 3. The molecule has 1 unspecified atom stereocenters. The van der Waals surface area contributed by atoms with E-state index in [0.717, 1.165) is 24.2 Å². The summed E-state index contributed by atoms with van der Waals surface area (Å²) >= 11 is 1.10. The van der Waals surface area contributed by atoms with E-state index >= 15 is 0 Å². The van der Waals surface area contributed by atoms with Gasteiger partial charge in [-0.1, -0.05) is 0 Å². The van der Waals surface area contributed by atoms with Crippen molar-refractivity contribution in [2.24, 2.45) is 10.7 Å². The van der Waals surface area contributed by atoms with E-state index in [4.69, 9.17) is 5.73 Å². The van der Waals surface area contributed by atoms with Gasteiger partial charge in [0, 0.05) is 12.4 Å². The predicted molar refractivity (Wildman–Crippen MR) is 61.7 cm³/mol. The Hall–Kier alpha value is -1.28. The predicted octanol–water partition coefficient (Wildman–Crippen LogP) is 1.85. The molecule has 0 saturated carbocycles. The molecule has 1 rings (SSSR count). The molecule has 0 bridgehead atoms. The average Bonchev–Trinajstić information content (AvgIpc) is 2.74. The van der Waals surface area contributed by atoms with Gasteiger partial charge in [-0.3, -0.25) is 0 Å². The van der Waals surface area contributed by atoms with Crippen molar-refractivity contribution in [1.29, 1.82) is 0 Å². The maximum Gasteiger partial charge on any atom is 0.433 e. The average molecular weight is 264 g/mol. The summed E-state index contributed by atoms with van der Waals surface area (Å²) < 4.78 is 38.9. The first-order valence-corrected chi connectivity index (χ1v) is 5.83. The van der Waals surface area contributed by atoms with Crippen molar-refractivity contribution in [1.82, 2.24) is 9.78 Å². The Morgan fingerprint density at radius 1 is 1.59 bits per heavy atom. The number of allylic oxidation sites excluding steroid dienone is 1. The van der Waals surface area contributed by atoms with Gasteiger partial charge in [-0.25, -0.2) is 9.67 Å². The molecule has 0 amide bonds. The van der Waals surface area contributed by atoms with Crippen LogP contribution < -0.4 is 5.73 Å². The fraction of sp³-hybridized carbons (Fsp3) is 0.333. The van der Waals surface area contributed by atoms with Crippen LogP contribution in [0.3, 0.4) is 0 Å². The molecule has 0 aliphatic heterocycles. The molecule has 1 atom stereocenters. The maximum absolute atomic E-state index is 12.6. The standard InChI is InChI=1S/C9H11F3N4S/c1-17-8(13)5-7(9(10,11)12)14-6-16-4-2-3-15-16/h2-6,8H,13H2,1H3/b7-5-,14-6?. The van der Waals surface area contributed by atoms with Gasteiger partial charge in [-0.15, -0.1) is 11.8 Å². The second kappa shape index (κ2) is 5.87. The molecule has 4 nitrogen and oxygen atoms in total. The highest BCUT2D eigenvalue weighted by Gasteiger charge is 2.33. The molecular formula is C9H11F3N4S. The molecule has 1 aromatic rings. The minimum absolute atomic E-state index is 0.749. The van der Waals surface area contributed by atoms with Crippen LogP contribution in [-0.4, -0.2) is 33.9 Å². The highest BCUT2D eigenvalue weighted by atomic mass is 32.2. The van der Waals surface area contributed by atoms with Crippen molar-refractivity contribution >= 4 is 18.1 Å². The lowest BCUT2D eigenvalue weighted by molar-refractivity contribution is -0.0925. The maximum atomic E-state index is 12.6. The van der Waals surface area contributed by atoms with E-state index in [0.29, 0.717) is 0 Å². The Kier molecular flexibility index (Phi) is 4.76. The van der Waals surface area contributed by atoms with E-state index in [1.807, 2.05) is 0 Å². The van der Waals surface area contributed by atoms with Gasteiger partial charge in [0.2, 0.25) is 0 Å². The number of hydrogen-bond donors (Lipinski definition) is 1. The van der Waals surface area contributed by atoms with Gasteiger partial charge in [-0.05, 0) is 18.4 Å². The quantitative estimate of drug-likeness (QED) is 0.513. The highest BCUT2D eigenvalue weighted by Crippen LogP contribution is 2.27. The third-order valence-corrected chi connectivity index (χ3v) is 2.41. The molecule has 17 heavy (non-hydrogen) atoms. The second-order valence-corrected chi connectivity index (χ2v) is 4.00. The Labute approximate surface area is 100 Å². The van der Waals surface area contributed by atoms with E-state index < -0.39 is 17.2 Å². The third kappa shape index (κ3) is 4.61. The van der Waals surface area contributed by atoms with Gasteiger partial charge in [0.25, 0.3) is 0 Å². The minimum Gasteiger partial charge on any atom is -0.316 e. The number of aromatic nitrogens is 2. The van der Waals surface area contributed by atoms with E-state index in [1.54, 1.807) is 12.3 Å². The lowest BCUT2D eigenvalue weighted by Gasteiger charge is -2.09. The van der Waals surface area contributed by atoms with Crippen LogP contribution in [-0.2, 0) is 0 Å². The summed E-state index contributed by atoms with van der Waals surface area (Å²) in [5.41, 5.74) is 4.38. The van der Waals surface area contributed by atoms with Crippen molar-refractivity contribution < 1.29 is 13.2 Å². The number of alkyl halides is 3. The van der Waals surface area contributed by atoms with Crippen LogP contribution in [0, 0.1) is 0 Å².